The summed E-state index contributed by atoms with van der Waals surface area (Å²) >= 11 is 0. The molecule has 0 nitrogen and oxygen atoms in total. The minimum atomic E-state index is -4.82. The van der Waals surface area contributed by atoms with Crippen LogP contribution < -0.4 is 0 Å². The Hall–Kier alpha value is -0.680. The monoisotopic (exact) mass is 206 g/mol. The smallest absolute Gasteiger partial charge is 0.244 e. The Kier molecular flexibility index (Phi) is 3.81. The van der Waals surface area contributed by atoms with E-state index in [9.17, 15) is 26.3 Å². The van der Waals surface area contributed by atoms with Gasteiger partial charge in [0.1, 0.15) is 6.17 Å². The summed E-state index contributed by atoms with van der Waals surface area (Å²) in [6.07, 6.45) is -3.57. The molecule has 0 N–H and O–H groups in total. The van der Waals surface area contributed by atoms with Gasteiger partial charge in [-0.25, -0.2) is 8.78 Å². The van der Waals surface area contributed by atoms with E-state index in [0.717, 1.165) is 0 Å². The van der Waals surface area contributed by atoms with E-state index in [0.29, 0.717) is 6.08 Å². The number of alkyl halides is 6. The molecule has 0 aliphatic rings. The molecule has 0 fully saturated rings. The average molecular weight is 206 g/mol. The van der Waals surface area contributed by atoms with E-state index < -0.39 is 31.1 Å². The maximum absolute atomic E-state index is 12.4. The van der Waals surface area contributed by atoms with Crippen molar-refractivity contribution in [2.24, 2.45) is 0 Å². The summed E-state index contributed by atoms with van der Waals surface area (Å²) in [4.78, 5) is 0. The molecule has 0 rings (SSSR count). The second-order valence-electron chi connectivity index (χ2n) is 2.50. The summed E-state index contributed by atoms with van der Waals surface area (Å²) in [5.74, 6) is -9.50. The minimum Gasteiger partial charge on any atom is -0.244 e. The number of hydrogen-bond donors (Lipinski definition) is 0. The lowest BCUT2D eigenvalue weighted by Gasteiger charge is -2.24. The molecule has 0 bridgehead atoms. The molecule has 1 unspecified atom stereocenters. The van der Waals surface area contributed by atoms with Gasteiger partial charge in [0.15, 0.2) is 6.67 Å². The molecule has 0 aromatic heterocycles. The Morgan fingerprint density at radius 3 is 1.92 bits per heavy atom. The molecule has 0 aromatic carbocycles. The molecular weight excluding hydrogens is 198 g/mol. The normalized spacial score (nSPS) is 15.5. The van der Waals surface area contributed by atoms with Crippen molar-refractivity contribution in [2.45, 2.75) is 24.4 Å². The van der Waals surface area contributed by atoms with Crippen molar-refractivity contribution in [3.63, 3.8) is 0 Å². The lowest BCUT2D eigenvalue weighted by Crippen LogP contribution is -2.43. The lowest BCUT2D eigenvalue weighted by atomic mass is 10.1. The predicted molar refractivity (Wildman–Crippen MR) is 35.6 cm³/mol. The highest BCUT2D eigenvalue weighted by molar-refractivity contribution is 4.91. The van der Waals surface area contributed by atoms with Gasteiger partial charge in [0.05, 0.1) is 6.42 Å². The predicted octanol–water partition coefficient (Wildman–Crippen LogP) is 3.14. The zero-order valence-electron chi connectivity index (χ0n) is 6.54. The van der Waals surface area contributed by atoms with Crippen LogP contribution in [0.3, 0.4) is 0 Å². The summed E-state index contributed by atoms with van der Waals surface area (Å²) in [6.45, 7) is 0.296. The van der Waals surface area contributed by atoms with Crippen molar-refractivity contribution in [3.05, 3.63) is 12.7 Å². The van der Waals surface area contributed by atoms with Crippen LogP contribution in [-0.2, 0) is 0 Å². The first-order valence-corrected chi connectivity index (χ1v) is 3.35. The van der Waals surface area contributed by atoms with Crippen molar-refractivity contribution >= 4 is 0 Å². The third-order valence-corrected chi connectivity index (χ3v) is 1.41. The van der Waals surface area contributed by atoms with Crippen molar-refractivity contribution in [1.29, 1.82) is 0 Å². The van der Waals surface area contributed by atoms with Gasteiger partial charge in [-0.3, -0.25) is 0 Å². The molecule has 0 saturated carbocycles. The van der Waals surface area contributed by atoms with Gasteiger partial charge in [0.25, 0.3) is 0 Å². The van der Waals surface area contributed by atoms with Gasteiger partial charge in [0.2, 0.25) is 0 Å². The fourth-order valence-corrected chi connectivity index (χ4v) is 0.575. The number of hydrogen-bond acceptors (Lipinski definition) is 0. The molecule has 78 valence electrons. The third kappa shape index (κ3) is 2.93. The van der Waals surface area contributed by atoms with E-state index in [4.69, 9.17) is 0 Å². The van der Waals surface area contributed by atoms with E-state index in [1.165, 1.54) is 0 Å². The van der Waals surface area contributed by atoms with Gasteiger partial charge in [-0.2, -0.15) is 17.6 Å². The Morgan fingerprint density at radius 1 is 1.15 bits per heavy atom. The Labute approximate surface area is 71.2 Å². The van der Waals surface area contributed by atoms with Crippen molar-refractivity contribution in [1.82, 2.24) is 0 Å². The van der Waals surface area contributed by atoms with E-state index in [1.54, 1.807) is 0 Å². The molecular formula is C7H8F6. The van der Waals surface area contributed by atoms with Gasteiger partial charge in [-0.05, 0) is 0 Å². The second kappa shape index (κ2) is 4.02. The van der Waals surface area contributed by atoms with Crippen LogP contribution in [0.25, 0.3) is 0 Å². The van der Waals surface area contributed by atoms with E-state index >= 15 is 0 Å². The summed E-state index contributed by atoms with van der Waals surface area (Å²) in [5.41, 5.74) is 0. The quantitative estimate of drug-likeness (QED) is 0.478. The maximum Gasteiger partial charge on any atom is 0.337 e. The highest BCUT2D eigenvalue weighted by Crippen LogP contribution is 2.38. The van der Waals surface area contributed by atoms with Crippen molar-refractivity contribution in [3.8, 4) is 0 Å². The first kappa shape index (κ1) is 12.3. The molecule has 0 saturated heterocycles. The highest BCUT2D eigenvalue weighted by atomic mass is 19.3. The Balaban J connectivity index is 4.46. The molecule has 6 heteroatoms. The molecule has 0 aliphatic carbocycles. The van der Waals surface area contributed by atoms with Crippen LogP contribution in [0.5, 0.6) is 0 Å². The average Bonchev–Trinajstić information content (AvgIpc) is 2.03. The van der Waals surface area contributed by atoms with Crippen LogP contribution in [0.15, 0.2) is 12.7 Å². The van der Waals surface area contributed by atoms with Crippen LogP contribution in [0, 0.1) is 0 Å². The van der Waals surface area contributed by atoms with Gasteiger partial charge in [-0.1, -0.05) is 6.08 Å². The van der Waals surface area contributed by atoms with Crippen LogP contribution in [0.2, 0.25) is 0 Å². The van der Waals surface area contributed by atoms with Crippen LogP contribution >= 0.6 is 0 Å². The van der Waals surface area contributed by atoms with Gasteiger partial charge < -0.3 is 0 Å². The zero-order valence-corrected chi connectivity index (χ0v) is 6.54. The number of rotatable bonds is 5. The molecule has 1 atom stereocenters. The largest absolute Gasteiger partial charge is 0.337 e. The van der Waals surface area contributed by atoms with Gasteiger partial charge in [0, 0.05) is 0 Å². The summed E-state index contributed by atoms with van der Waals surface area (Å²) in [7, 11) is 0. The fourth-order valence-electron chi connectivity index (χ4n) is 0.575. The molecule has 0 amide bonds. The van der Waals surface area contributed by atoms with E-state index in [2.05, 4.69) is 6.58 Å². The first-order chi connectivity index (χ1) is 5.77. The third-order valence-electron chi connectivity index (χ3n) is 1.41. The maximum atomic E-state index is 12.4. The van der Waals surface area contributed by atoms with Crippen LogP contribution in [0.1, 0.15) is 6.42 Å². The van der Waals surface area contributed by atoms with Crippen LogP contribution in [-0.4, -0.2) is 24.7 Å². The SMILES string of the molecule is C=CC(F)CC(F)(F)C(F)(F)CF. The van der Waals surface area contributed by atoms with Crippen molar-refractivity contribution < 1.29 is 26.3 Å². The van der Waals surface area contributed by atoms with E-state index in [1.807, 2.05) is 0 Å². The summed E-state index contributed by atoms with van der Waals surface area (Å²) in [5, 5.41) is 0. The fraction of sp³-hybridized carbons (Fsp3) is 0.714. The van der Waals surface area contributed by atoms with Gasteiger partial charge in [-0.15, -0.1) is 6.58 Å². The van der Waals surface area contributed by atoms with Crippen molar-refractivity contribution in [2.75, 3.05) is 6.67 Å². The molecule has 0 heterocycles. The second-order valence-corrected chi connectivity index (χ2v) is 2.50. The molecule has 13 heavy (non-hydrogen) atoms. The zero-order chi connectivity index (χ0) is 10.7. The minimum absolute atomic E-state index is 0.461. The number of allylic oxidation sites excluding steroid dienone is 1. The Morgan fingerprint density at radius 2 is 1.62 bits per heavy atom. The topological polar surface area (TPSA) is 0 Å². The summed E-state index contributed by atoms with van der Waals surface area (Å²) < 4.78 is 72.6. The molecule has 0 spiro atoms. The van der Waals surface area contributed by atoms with Crippen LogP contribution in [0.4, 0.5) is 26.3 Å². The highest BCUT2D eigenvalue weighted by Gasteiger charge is 2.56. The lowest BCUT2D eigenvalue weighted by molar-refractivity contribution is -0.222. The first-order valence-electron chi connectivity index (χ1n) is 3.35. The van der Waals surface area contributed by atoms with E-state index in [-0.39, 0.29) is 0 Å². The molecule has 0 aliphatic heterocycles. The van der Waals surface area contributed by atoms with Gasteiger partial charge >= 0.3 is 11.8 Å². The standard InChI is InChI=1S/C7H8F6/c1-2-5(9)3-6(10,11)7(12,13)4-8/h2,5H,1,3-4H2. The molecule has 0 aromatic rings. The summed E-state index contributed by atoms with van der Waals surface area (Å²) in [6, 6.07) is 0. The number of halogens is 6. The Bertz CT molecular complexity index is 176. The molecule has 0 radical (unpaired) electrons.